The van der Waals surface area contributed by atoms with Gasteiger partial charge in [0.2, 0.25) is 0 Å². The first-order valence-electron chi connectivity index (χ1n) is 4.73. The van der Waals surface area contributed by atoms with Crippen LogP contribution in [0.15, 0.2) is 29.6 Å². The molecular formula is C12H12O2S. The summed E-state index contributed by atoms with van der Waals surface area (Å²) in [5.74, 6) is -0.794. The number of carboxylic acid groups (broad SMARTS) is 1. The lowest BCUT2D eigenvalue weighted by Crippen LogP contribution is -2.28. The molecule has 15 heavy (non-hydrogen) atoms. The molecule has 0 atom stereocenters. The van der Waals surface area contributed by atoms with Gasteiger partial charge in [0.15, 0.2) is 0 Å². The molecule has 0 radical (unpaired) electrons. The molecule has 0 saturated heterocycles. The first-order chi connectivity index (χ1) is 7.01. The van der Waals surface area contributed by atoms with E-state index in [1.165, 1.54) is 4.70 Å². The van der Waals surface area contributed by atoms with Crippen LogP contribution in [0.25, 0.3) is 10.1 Å². The maximum atomic E-state index is 11.1. The molecule has 0 aliphatic heterocycles. The summed E-state index contributed by atoms with van der Waals surface area (Å²) in [5.41, 5.74) is 0.0248. The van der Waals surface area contributed by atoms with Gasteiger partial charge in [-0.2, -0.15) is 0 Å². The van der Waals surface area contributed by atoms with Crippen LogP contribution in [-0.4, -0.2) is 11.1 Å². The molecular weight excluding hydrogens is 208 g/mol. The highest BCUT2D eigenvalue weighted by molar-refractivity contribution is 7.17. The van der Waals surface area contributed by atoms with Gasteiger partial charge < -0.3 is 5.11 Å². The third-order valence-electron chi connectivity index (χ3n) is 2.71. The molecule has 1 N–H and O–H groups in total. The lowest BCUT2D eigenvalue weighted by molar-refractivity contribution is -0.142. The van der Waals surface area contributed by atoms with Gasteiger partial charge in [-0.05, 0) is 48.4 Å². The highest BCUT2D eigenvalue weighted by Crippen LogP contribution is 2.29. The van der Waals surface area contributed by atoms with E-state index >= 15 is 0 Å². The highest BCUT2D eigenvalue weighted by atomic mass is 32.1. The largest absolute Gasteiger partial charge is 0.481 e. The quantitative estimate of drug-likeness (QED) is 0.843. The molecule has 0 amide bonds. The molecule has 1 aromatic heterocycles. The number of thiophene rings is 1. The molecule has 1 heterocycles. The summed E-state index contributed by atoms with van der Waals surface area (Å²) in [6.07, 6.45) is 0. The Hall–Kier alpha value is -1.35. The minimum atomic E-state index is -0.823. The van der Waals surface area contributed by atoms with Crippen molar-refractivity contribution < 1.29 is 9.90 Å². The molecule has 0 unspecified atom stereocenters. The summed E-state index contributed by atoms with van der Waals surface area (Å²) in [6, 6.07) is 7.86. The molecule has 78 valence electrons. The Morgan fingerprint density at radius 3 is 2.73 bits per heavy atom. The lowest BCUT2D eigenvalue weighted by Gasteiger charge is -2.19. The first kappa shape index (κ1) is 10.2. The van der Waals surface area contributed by atoms with Crippen LogP contribution in [0.2, 0.25) is 0 Å². The molecule has 1 aromatic carbocycles. The molecule has 2 rings (SSSR count). The van der Waals surface area contributed by atoms with Gasteiger partial charge >= 0.3 is 5.97 Å². The predicted molar refractivity (Wildman–Crippen MR) is 62.5 cm³/mol. The molecule has 0 saturated carbocycles. The van der Waals surface area contributed by atoms with E-state index in [1.54, 1.807) is 25.2 Å². The van der Waals surface area contributed by atoms with E-state index in [9.17, 15) is 4.79 Å². The summed E-state index contributed by atoms with van der Waals surface area (Å²) in [4.78, 5) is 11.1. The lowest BCUT2D eigenvalue weighted by atomic mass is 9.84. The molecule has 2 nitrogen and oxygen atoms in total. The van der Waals surface area contributed by atoms with Crippen molar-refractivity contribution in [1.82, 2.24) is 0 Å². The van der Waals surface area contributed by atoms with Gasteiger partial charge in [-0.15, -0.1) is 11.3 Å². The Balaban J connectivity index is 2.57. The van der Waals surface area contributed by atoms with Gasteiger partial charge in [-0.3, -0.25) is 4.79 Å². The second-order valence-electron chi connectivity index (χ2n) is 4.10. The number of carboxylic acids is 1. The second-order valence-corrected chi connectivity index (χ2v) is 5.05. The van der Waals surface area contributed by atoms with Crippen LogP contribution in [0.1, 0.15) is 19.4 Å². The van der Waals surface area contributed by atoms with E-state index in [-0.39, 0.29) is 0 Å². The number of rotatable bonds is 2. The summed E-state index contributed by atoms with van der Waals surface area (Å²) in [5, 5.41) is 12.3. The number of aliphatic carboxylic acids is 1. The molecule has 2 aromatic rings. The van der Waals surface area contributed by atoms with E-state index < -0.39 is 11.4 Å². The summed E-state index contributed by atoms with van der Waals surface area (Å²) < 4.78 is 1.19. The van der Waals surface area contributed by atoms with Crippen LogP contribution in [0.3, 0.4) is 0 Å². The van der Waals surface area contributed by atoms with Crippen LogP contribution < -0.4 is 0 Å². The van der Waals surface area contributed by atoms with Gasteiger partial charge in [-0.1, -0.05) is 6.07 Å². The minimum absolute atomic E-state index is 0.794. The number of fused-ring (bicyclic) bond motifs is 1. The van der Waals surface area contributed by atoms with Crippen LogP contribution in [0, 0.1) is 0 Å². The molecule has 0 aliphatic carbocycles. The maximum absolute atomic E-state index is 11.1. The highest BCUT2D eigenvalue weighted by Gasteiger charge is 2.29. The molecule has 0 aliphatic rings. The monoisotopic (exact) mass is 220 g/mol. The predicted octanol–water partition coefficient (Wildman–Crippen LogP) is 3.26. The van der Waals surface area contributed by atoms with E-state index in [0.29, 0.717) is 0 Å². The van der Waals surface area contributed by atoms with Crippen molar-refractivity contribution in [3.8, 4) is 0 Å². The SMILES string of the molecule is CC(C)(C(=O)O)c1ccc2sccc2c1. The van der Waals surface area contributed by atoms with Gasteiger partial charge in [0, 0.05) is 4.70 Å². The summed E-state index contributed by atoms with van der Waals surface area (Å²) in [7, 11) is 0. The van der Waals surface area contributed by atoms with Gasteiger partial charge in [0.25, 0.3) is 0 Å². The maximum Gasteiger partial charge on any atom is 0.313 e. The van der Waals surface area contributed by atoms with E-state index in [4.69, 9.17) is 5.11 Å². The average Bonchev–Trinajstić information content (AvgIpc) is 2.63. The van der Waals surface area contributed by atoms with Crippen molar-refractivity contribution >= 4 is 27.4 Å². The van der Waals surface area contributed by atoms with Crippen molar-refractivity contribution in [3.05, 3.63) is 35.2 Å². The Labute approximate surface area is 92.2 Å². The third-order valence-corrected chi connectivity index (χ3v) is 3.61. The van der Waals surface area contributed by atoms with E-state index in [2.05, 4.69) is 0 Å². The van der Waals surface area contributed by atoms with Crippen LogP contribution in [0.5, 0.6) is 0 Å². The van der Waals surface area contributed by atoms with Crippen LogP contribution >= 0.6 is 11.3 Å². The zero-order valence-corrected chi connectivity index (χ0v) is 9.47. The first-order valence-corrected chi connectivity index (χ1v) is 5.61. The number of carbonyl (C=O) groups is 1. The number of hydrogen-bond acceptors (Lipinski definition) is 2. The Kier molecular flexibility index (Phi) is 2.27. The van der Waals surface area contributed by atoms with Gasteiger partial charge in [-0.25, -0.2) is 0 Å². The minimum Gasteiger partial charge on any atom is -0.481 e. The third kappa shape index (κ3) is 1.63. The molecule has 0 fully saturated rings. The normalized spacial score (nSPS) is 11.9. The summed E-state index contributed by atoms with van der Waals surface area (Å²) in [6.45, 7) is 3.45. The fourth-order valence-corrected chi connectivity index (χ4v) is 2.25. The van der Waals surface area contributed by atoms with Crippen molar-refractivity contribution in [1.29, 1.82) is 0 Å². The Morgan fingerprint density at radius 2 is 2.07 bits per heavy atom. The topological polar surface area (TPSA) is 37.3 Å². The Bertz CT molecular complexity index is 511. The number of hydrogen-bond donors (Lipinski definition) is 1. The molecule has 0 spiro atoms. The average molecular weight is 220 g/mol. The zero-order valence-electron chi connectivity index (χ0n) is 8.65. The number of benzene rings is 1. The van der Waals surface area contributed by atoms with Crippen LogP contribution in [-0.2, 0) is 10.2 Å². The van der Waals surface area contributed by atoms with Gasteiger partial charge in [0.05, 0.1) is 5.41 Å². The molecule has 3 heteroatoms. The molecule has 0 bridgehead atoms. The smallest absolute Gasteiger partial charge is 0.313 e. The van der Waals surface area contributed by atoms with Crippen molar-refractivity contribution in [3.63, 3.8) is 0 Å². The second kappa shape index (κ2) is 3.35. The van der Waals surface area contributed by atoms with Crippen molar-refractivity contribution in [2.75, 3.05) is 0 Å². The summed E-state index contributed by atoms with van der Waals surface area (Å²) >= 11 is 1.67. The fourth-order valence-electron chi connectivity index (χ4n) is 1.48. The zero-order chi connectivity index (χ0) is 11.1. The fraction of sp³-hybridized carbons (Fsp3) is 0.250. The standard InChI is InChI=1S/C12H12O2S/c1-12(2,11(13)14)9-3-4-10-8(7-9)5-6-15-10/h3-7H,1-2H3,(H,13,14). The van der Waals surface area contributed by atoms with E-state index in [0.717, 1.165) is 10.9 Å². The van der Waals surface area contributed by atoms with E-state index in [1.807, 2.05) is 29.6 Å². The van der Waals surface area contributed by atoms with Crippen LogP contribution in [0.4, 0.5) is 0 Å². The van der Waals surface area contributed by atoms with Gasteiger partial charge in [0.1, 0.15) is 0 Å². The van der Waals surface area contributed by atoms with Crippen molar-refractivity contribution in [2.24, 2.45) is 0 Å². The van der Waals surface area contributed by atoms with Crippen molar-refractivity contribution in [2.45, 2.75) is 19.3 Å². The Morgan fingerprint density at radius 1 is 1.33 bits per heavy atom.